The predicted molar refractivity (Wildman–Crippen MR) is 122 cm³/mol. The van der Waals surface area contributed by atoms with E-state index < -0.39 is 0 Å². The Morgan fingerprint density at radius 1 is 1.07 bits per heavy atom. The molecule has 152 valence electrons. The Morgan fingerprint density at radius 3 is 2.67 bits per heavy atom. The number of aryl methyl sites for hydroxylation is 1. The van der Waals surface area contributed by atoms with Gasteiger partial charge < -0.3 is 9.80 Å². The number of carbonyl (C=O) groups excluding carboxylic acids is 1. The van der Waals surface area contributed by atoms with E-state index in [1.807, 2.05) is 35.4 Å². The molecule has 6 nitrogen and oxygen atoms in total. The molecule has 0 saturated carbocycles. The Bertz CT molecular complexity index is 1180. The summed E-state index contributed by atoms with van der Waals surface area (Å²) in [4.78, 5) is 32.6. The first-order valence-corrected chi connectivity index (χ1v) is 11.6. The molecule has 0 unspecified atom stereocenters. The quantitative estimate of drug-likeness (QED) is 0.485. The molecular formula is C22H21N5OS2. The maximum absolute atomic E-state index is 13.2. The smallest absolute Gasteiger partial charge is 0.265 e. The number of hydrogen-bond acceptors (Lipinski definition) is 7. The molecule has 0 spiro atoms. The van der Waals surface area contributed by atoms with E-state index in [9.17, 15) is 4.79 Å². The van der Waals surface area contributed by atoms with Gasteiger partial charge in [0, 0.05) is 32.6 Å². The van der Waals surface area contributed by atoms with Gasteiger partial charge >= 0.3 is 0 Å². The summed E-state index contributed by atoms with van der Waals surface area (Å²) in [6.07, 6.45) is 2.39. The van der Waals surface area contributed by atoms with Gasteiger partial charge in [-0.05, 0) is 23.9 Å². The zero-order valence-electron chi connectivity index (χ0n) is 16.6. The van der Waals surface area contributed by atoms with Crippen LogP contribution in [0, 0.1) is 6.92 Å². The van der Waals surface area contributed by atoms with E-state index in [1.54, 1.807) is 17.7 Å². The van der Waals surface area contributed by atoms with Crippen molar-refractivity contribution in [2.75, 3.05) is 31.1 Å². The van der Waals surface area contributed by atoms with Gasteiger partial charge in [-0.2, -0.15) is 0 Å². The normalized spacial score (nSPS) is 14.4. The number of carbonyl (C=O) groups is 1. The van der Waals surface area contributed by atoms with Crippen LogP contribution < -0.4 is 4.90 Å². The molecule has 1 aliphatic rings. The van der Waals surface area contributed by atoms with Crippen LogP contribution in [0.5, 0.6) is 0 Å². The largest absolute Gasteiger partial charge is 0.352 e. The summed E-state index contributed by atoms with van der Waals surface area (Å²) in [7, 11) is 0. The number of hydrogen-bond donors (Lipinski definition) is 0. The first-order valence-electron chi connectivity index (χ1n) is 9.91. The molecule has 30 heavy (non-hydrogen) atoms. The summed E-state index contributed by atoms with van der Waals surface area (Å²) in [5, 5.41) is 4.12. The second-order valence-electron chi connectivity index (χ2n) is 7.30. The van der Waals surface area contributed by atoms with Crippen LogP contribution >= 0.6 is 22.7 Å². The molecule has 1 saturated heterocycles. The Balaban J connectivity index is 1.27. The van der Waals surface area contributed by atoms with Crippen LogP contribution in [0.4, 0.5) is 5.82 Å². The standard InChI is InChI=1S/C22H21N5OS2/c1-15-19(30-18(25-15)13-16-5-3-2-4-6-16)22(28)27-10-8-26(9-11-27)20-17-7-12-29-21(17)24-14-23-20/h2-7,12,14H,8-11,13H2,1H3. The highest BCUT2D eigenvalue weighted by atomic mass is 32.1. The number of rotatable bonds is 4. The van der Waals surface area contributed by atoms with Crippen LogP contribution in [-0.4, -0.2) is 51.9 Å². The van der Waals surface area contributed by atoms with Crippen LogP contribution in [0.15, 0.2) is 48.1 Å². The number of anilines is 1. The van der Waals surface area contributed by atoms with Gasteiger partial charge in [-0.1, -0.05) is 30.3 Å². The fraction of sp³-hybridized carbons (Fsp3) is 0.273. The second-order valence-corrected chi connectivity index (χ2v) is 9.28. The summed E-state index contributed by atoms with van der Waals surface area (Å²) in [6, 6.07) is 12.3. The molecule has 0 radical (unpaired) electrons. The molecule has 4 heterocycles. The number of thiophene rings is 1. The lowest BCUT2D eigenvalue weighted by Crippen LogP contribution is -2.49. The van der Waals surface area contributed by atoms with E-state index in [2.05, 4.69) is 38.1 Å². The van der Waals surface area contributed by atoms with E-state index >= 15 is 0 Å². The lowest BCUT2D eigenvalue weighted by Gasteiger charge is -2.35. The van der Waals surface area contributed by atoms with Crippen molar-refractivity contribution >= 4 is 44.6 Å². The highest BCUT2D eigenvalue weighted by Crippen LogP contribution is 2.28. The molecule has 1 fully saturated rings. The highest BCUT2D eigenvalue weighted by molar-refractivity contribution is 7.16. The molecule has 1 amide bonds. The summed E-state index contributed by atoms with van der Waals surface area (Å²) in [6.45, 7) is 4.83. The van der Waals surface area contributed by atoms with Crippen molar-refractivity contribution in [1.82, 2.24) is 19.9 Å². The third kappa shape index (κ3) is 3.68. The Labute approximate surface area is 182 Å². The topological polar surface area (TPSA) is 62.2 Å². The molecule has 1 aromatic carbocycles. The Kier molecular flexibility index (Phi) is 5.18. The first kappa shape index (κ1) is 19.1. The van der Waals surface area contributed by atoms with Crippen molar-refractivity contribution in [1.29, 1.82) is 0 Å². The maximum Gasteiger partial charge on any atom is 0.265 e. The Morgan fingerprint density at radius 2 is 1.87 bits per heavy atom. The van der Waals surface area contributed by atoms with Crippen molar-refractivity contribution in [3.63, 3.8) is 0 Å². The van der Waals surface area contributed by atoms with Gasteiger partial charge in [0.2, 0.25) is 0 Å². The number of aromatic nitrogens is 3. The fourth-order valence-corrected chi connectivity index (χ4v) is 5.58. The predicted octanol–water partition coefficient (Wildman–Crippen LogP) is 4.01. The van der Waals surface area contributed by atoms with Gasteiger partial charge in [-0.3, -0.25) is 4.79 Å². The van der Waals surface area contributed by atoms with Crippen LogP contribution in [-0.2, 0) is 6.42 Å². The summed E-state index contributed by atoms with van der Waals surface area (Å²) in [5.74, 6) is 1.06. The maximum atomic E-state index is 13.2. The number of amides is 1. The first-order chi connectivity index (χ1) is 14.7. The SMILES string of the molecule is Cc1nc(Cc2ccccc2)sc1C(=O)N1CCN(c2ncnc3sccc23)CC1. The van der Waals surface area contributed by atoms with Crippen LogP contribution in [0.2, 0.25) is 0 Å². The Hall–Kier alpha value is -2.84. The minimum atomic E-state index is 0.0901. The molecule has 5 rings (SSSR count). The van der Waals surface area contributed by atoms with Gasteiger partial charge in [0.15, 0.2) is 0 Å². The minimum absolute atomic E-state index is 0.0901. The summed E-state index contributed by atoms with van der Waals surface area (Å²) < 4.78 is 0. The van der Waals surface area contributed by atoms with Crippen molar-refractivity contribution < 1.29 is 4.79 Å². The highest BCUT2D eigenvalue weighted by Gasteiger charge is 2.26. The summed E-state index contributed by atoms with van der Waals surface area (Å²) >= 11 is 3.15. The fourth-order valence-electron chi connectivity index (χ4n) is 3.79. The molecule has 0 atom stereocenters. The van der Waals surface area contributed by atoms with Gasteiger partial charge in [-0.25, -0.2) is 15.0 Å². The van der Waals surface area contributed by atoms with Gasteiger partial charge in [-0.15, -0.1) is 22.7 Å². The molecule has 8 heteroatoms. The molecule has 3 aromatic heterocycles. The van der Waals surface area contributed by atoms with Crippen LogP contribution in [0.1, 0.15) is 25.9 Å². The molecule has 0 bridgehead atoms. The lowest BCUT2D eigenvalue weighted by atomic mass is 10.2. The van der Waals surface area contributed by atoms with Crippen LogP contribution in [0.25, 0.3) is 10.2 Å². The zero-order valence-corrected chi connectivity index (χ0v) is 18.2. The number of piperazine rings is 1. The third-order valence-corrected chi connectivity index (χ3v) is 7.31. The van der Waals surface area contributed by atoms with Crippen molar-refractivity contribution in [2.45, 2.75) is 13.3 Å². The van der Waals surface area contributed by atoms with Gasteiger partial charge in [0.1, 0.15) is 21.9 Å². The minimum Gasteiger partial charge on any atom is -0.352 e. The van der Waals surface area contributed by atoms with E-state index in [0.717, 1.165) is 51.1 Å². The van der Waals surface area contributed by atoms with E-state index in [4.69, 9.17) is 0 Å². The number of nitrogens with zero attached hydrogens (tertiary/aromatic N) is 5. The van der Waals surface area contributed by atoms with E-state index in [0.29, 0.717) is 13.1 Å². The molecule has 1 aliphatic heterocycles. The average Bonchev–Trinajstić information content (AvgIpc) is 3.40. The van der Waals surface area contributed by atoms with Crippen molar-refractivity contribution in [2.24, 2.45) is 0 Å². The monoisotopic (exact) mass is 435 g/mol. The van der Waals surface area contributed by atoms with E-state index in [1.165, 1.54) is 16.9 Å². The molecule has 4 aromatic rings. The zero-order chi connectivity index (χ0) is 20.5. The lowest BCUT2D eigenvalue weighted by molar-refractivity contribution is 0.0750. The third-order valence-electron chi connectivity index (χ3n) is 5.34. The van der Waals surface area contributed by atoms with Crippen molar-refractivity contribution in [3.8, 4) is 0 Å². The van der Waals surface area contributed by atoms with Crippen molar-refractivity contribution in [3.05, 3.63) is 69.2 Å². The van der Waals surface area contributed by atoms with E-state index in [-0.39, 0.29) is 5.91 Å². The number of fused-ring (bicyclic) bond motifs is 1. The van der Waals surface area contributed by atoms with Gasteiger partial charge in [0.25, 0.3) is 5.91 Å². The molecule has 0 aliphatic carbocycles. The second kappa shape index (κ2) is 8.12. The molecular weight excluding hydrogens is 414 g/mol. The van der Waals surface area contributed by atoms with Gasteiger partial charge in [0.05, 0.1) is 16.1 Å². The molecule has 0 N–H and O–H groups in total. The average molecular weight is 436 g/mol. The number of thiazole rings is 1. The number of benzene rings is 1. The summed E-state index contributed by atoms with van der Waals surface area (Å²) in [5.41, 5.74) is 2.04. The van der Waals surface area contributed by atoms with Crippen LogP contribution in [0.3, 0.4) is 0 Å².